The topological polar surface area (TPSA) is 59.3 Å². The number of hydrogen-bond donors (Lipinski definition) is 0. The molecular weight excluding hydrogens is 402 g/mol. The number of carbonyl (C=O) groups is 1. The van der Waals surface area contributed by atoms with Crippen molar-refractivity contribution in [1.29, 1.82) is 5.26 Å². The predicted molar refractivity (Wildman–Crippen MR) is 101 cm³/mol. The van der Waals surface area contributed by atoms with Crippen LogP contribution >= 0.6 is 0 Å². The largest absolute Gasteiger partial charge is 0.460 e. The van der Waals surface area contributed by atoms with Gasteiger partial charge < -0.3 is 9.47 Å². The summed E-state index contributed by atoms with van der Waals surface area (Å²) in [6.45, 7) is 4.04. The van der Waals surface area contributed by atoms with Gasteiger partial charge in [0, 0.05) is 12.7 Å². The Kier molecular flexibility index (Phi) is 7.64. The molecule has 1 fully saturated rings. The van der Waals surface area contributed by atoms with Gasteiger partial charge in [-0.3, -0.25) is 4.79 Å². The summed E-state index contributed by atoms with van der Waals surface area (Å²) in [6.07, 6.45) is 4.11. The fraction of sp³-hybridized carbons (Fsp3) is 0.545. The van der Waals surface area contributed by atoms with E-state index in [1.165, 1.54) is 0 Å². The maximum atomic E-state index is 14.2. The van der Waals surface area contributed by atoms with Crippen molar-refractivity contribution in [3.63, 3.8) is 0 Å². The van der Waals surface area contributed by atoms with E-state index in [4.69, 9.17) is 4.74 Å². The maximum Gasteiger partial charge on any atom is 0.310 e. The van der Waals surface area contributed by atoms with E-state index in [9.17, 15) is 27.6 Å². The van der Waals surface area contributed by atoms with E-state index in [-0.39, 0.29) is 5.92 Å². The Bertz CT molecular complexity index is 860. The molecule has 2 atom stereocenters. The summed E-state index contributed by atoms with van der Waals surface area (Å²) in [6, 6.07) is 2.12. The normalized spacial score (nSPS) is 20.0. The van der Waals surface area contributed by atoms with Gasteiger partial charge in [-0.05, 0) is 24.2 Å². The zero-order valence-electron chi connectivity index (χ0n) is 17.5. The third kappa shape index (κ3) is 4.67. The van der Waals surface area contributed by atoms with Crippen LogP contribution in [-0.4, -0.2) is 13.1 Å². The number of esters is 1. The molecule has 1 aliphatic rings. The van der Waals surface area contributed by atoms with Crippen LogP contribution in [0.5, 0.6) is 0 Å². The van der Waals surface area contributed by atoms with Gasteiger partial charge in [0.15, 0.2) is 23.3 Å². The molecular formula is C22H25F4NO3. The van der Waals surface area contributed by atoms with Crippen molar-refractivity contribution in [3.8, 4) is 6.07 Å². The lowest BCUT2D eigenvalue weighted by Gasteiger charge is -2.12. The third-order valence-electron chi connectivity index (χ3n) is 5.58. The van der Waals surface area contributed by atoms with Crippen LogP contribution in [0.4, 0.5) is 17.6 Å². The minimum Gasteiger partial charge on any atom is -0.460 e. The van der Waals surface area contributed by atoms with E-state index < -0.39 is 64.9 Å². The maximum absolute atomic E-state index is 14.2. The summed E-state index contributed by atoms with van der Waals surface area (Å²) in [5.41, 5.74) is -1.79. The average molecular weight is 427 g/mol. The lowest BCUT2D eigenvalue weighted by molar-refractivity contribution is -0.147. The number of nitriles is 1. The molecule has 1 aromatic carbocycles. The summed E-state index contributed by atoms with van der Waals surface area (Å²) < 4.78 is 65.9. The third-order valence-corrected chi connectivity index (χ3v) is 5.58. The van der Waals surface area contributed by atoms with E-state index >= 15 is 0 Å². The molecule has 0 amide bonds. The van der Waals surface area contributed by atoms with Crippen LogP contribution in [0.2, 0.25) is 0 Å². The van der Waals surface area contributed by atoms with Crippen LogP contribution < -0.4 is 0 Å². The first kappa shape index (κ1) is 23.9. The number of unbranched alkanes of at least 4 members (excludes halogenated alkanes) is 1. The number of rotatable bonds is 9. The summed E-state index contributed by atoms with van der Waals surface area (Å²) in [5.74, 6) is -8.01. The molecule has 1 aliphatic carbocycles. The van der Waals surface area contributed by atoms with Gasteiger partial charge in [0.05, 0.1) is 29.7 Å². The second-order valence-electron chi connectivity index (χ2n) is 7.99. The summed E-state index contributed by atoms with van der Waals surface area (Å²) in [7, 11) is 1.13. The molecule has 0 saturated heterocycles. The van der Waals surface area contributed by atoms with Gasteiger partial charge in [-0.15, -0.1) is 0 Å². The lowest BCUT2D eigenvalue weighted by Crippen LogP contribution is -2.15. The molecule has 30 heavy (non-hydrogen) atoms. The average Bonchev–Trinajstić information content (AvgIpc) is 3.26. The first-order valence-electron chi connectivity index (χ1n) is 9.71. The smallest absolute Gasteiger partial charge is 0.310 e. The highest BCUT2D eigenvalue weighted by Gasteiger charge is 2.61. The molecule has 0 spiro atoms. The Morgan fingerprint density at radius 3 is 2.10 bits per heavy atom. The highest BCUT2D eigenvalue weighted by molar-refractivity contribution is 5.78. The Morgan fingerprint density at radius 1 is 1.10 bits per heavy atom. The molecule has 0 bridgehead atoms. The second-order valence-corrected chi connectivity index (χ2v) is 7.99. The van der Waals surface area contributed by atoms with Crippen molar-refractivity contribution in [2.45, 2.75) is 53.2 Å². The summed E-state index contributed by atoms with van der Waals surface area (Å²) in [5, 5.41) is 9.25. The number of ether oxygens (including phenoxy) is 2. The van der Waals surface area contributed by atoms with E-state index in [1.807, 2.05) is 20.8 Å². The molecule has 0 aliphatic heterocycles. The van der Waals surface area contributed by atoms with Crippen LogP contribution in [0.1, 0.15) is 51.2 Å². The van der Waals surface area contributed by atoms with Gasteiger partial charge in [0.1, 0.15) is 6.61 Å². The van der Waals surface area contributed by atoms with Crippen LogP contribution in [-0.2, 0) is 27.5 Å². The van der Waals surface area contributed by atoms with Gasteiger partial charge >= 0.3 is 5.97 Å². The van der Waals surface area contributed by atoms with Gasteiger partial charge in [-0.2, -0.15) is 5.26 Å². The number of hydrogen-bond acceptors (Lipinski definition) is 4. The number of carbonyl (C=O) groups excluding carboxylic acids is 1. The quantitative estimate of drug-likeness (QED) is 0.231. The van der Waals surface area contributed by atoms with Crippen LogP contribution in [0.15, 0.2) is 11.6 Å². The van der Waals surface area contributed by atoms with Gasteiger partial charge in [-0.25, -0.2) is 17.6 Å². The van der Waals surface area contributed by atoms with E-state index in [2.05, 4.69) is 10.8 Å². The number of halogens is 4. The molecule has 2 rings (SSSR count). The molecule has 4 nitrogen and oxygen atoms in total. The van der Waals surface area contributed by atoms with Crippen molar-refractivity contribution >= 4 is 5.97 Å². The molecule has 2 unspecified atom stereocenters. The Morgan fingerprint density at radius 2 is 1.63 bits per heavy atom. The molecule has 8 heteroatoms. The van der Waals surface area contributed by atoms with Crippen molar-refractivity contribution in [3.05, 3.63) is 46.0 Å². The number of benzene rings is 1. The monoisotopic (exact) mass is 427 g/mol. The molecule has 0 N–H and O–H groups in total. The minimum absolute atomic E-state index is 0.260. The Labute approximate surface area is 173 Å². The van der Waals surface area contributed by atoms with E-state index in [0.717, 1.165) is 20.0 Å². The summed E-state index contributed by atoms with van der Waals surface area (Å²) in [4.78, 5) is 12.5. The zero-order chi connectivity index (χ0) is 22.6. The summed E-state index contributed by atoms with van der Waals surface area (Å²) >= 11 is 0. The van der Waals surface area contributed by atoms with Crippen LogP contribution in [0.3, 0.4) is 0 Å². The Balaban J connectivity index is 2.15. The zero-order valence-corrected chi connectivity index (χ0v) is 17.5. The van der Waals surface area contributed by atoms with E-state index in [0.29, 0.717) is 12.0 Å². The number of nitrogens with zero attached hydrogens (tertiary/aromatic N) is 1. The van der Waals surface area contributed by atoms with Gasteiger partial charge in [0.2, 0.25) is 0 Å². The van der Waals surface area contributed by atoms with Crippen molar-refractivity contribution in [1.82, 2.24) is 0 Å². The first-order valence-corrected chi connectivity index (χ1v) is 9.71. The molecule has 164 valence electrons. The standard InChI is InChI=1S/C22H25F4NO3/c1-5-6-7-12(9-27)8-15-16(22(15,2)3)21(28)30-11-14-19(25)17(23)13(10-29-4)18(24)20(14)26/h8,15-16H,5-7,10-11H2,1-4H3/b12-8-. The highest BCUT2D eigenvalue weighted by atomic mass is 19.2. The molecule has 0 aromatic heterocycles. The highest BCUT2D eigenvalue weighted by Crippen LogP contribution is 2.60. The van der Waals surface area contributed by atoms with Crippen LogP contribution in [0.25, 0.3) is 0 Å². The fourth-order valence-corrected chi connectivity index (χ4v) is 3.55. The first-order chi connectivity index (χ1) is 14.1. The lowest BCUT2D eigenvalue weighted by atomic mass is 10.0. The number of allylic oxidation sites excluding steroid dienone is 2. The van der Waals surface area contributed by atoms with Crippen LogP contribution in [0, 0.1) is 51.9 Å². The fourth-order valence-electron chi connectivity index (χ4n) is 3.55. The van der Waals surface area contributed by atoms with E-state index in [1.54, 1.807) is 6.08 Å². The minimum atomic E-state index is -1.62. The SMILES string of the molecule is CCCC/C(C#N)=C/C1C(C(=O)OCc2c(F)c(F)c(COC)c(F)c2F)C1(C)C. The second kappa shape index (κ2) is 9.61. The van der Waals surface area contributed by atoms with Gasteiger partial charge in [-0.1, -0.05) is 33.3 Å². The number of methoxy groups -OCH3 is 1. The molecule has 1 saturated carbocycles. The van der Waals surface area contributed by atoms with Crippen molar-refractivity contribution < 1.29 is 31.8 Å². The van der Waals surface area contributed by atoms with Crippen molar-refractivity contribution in [2.75, 3.05) is 7.11 Å². The molecule has 1 aromatic rings. The predicted octanol–water partition coefficient (Wildman–Crippen LogP) is 5.34. The Hall–Kier alpha value is -2.40. The molecule has 0 radical (unpaired) electrons. The molecule has 0 heterocycles. The van der Waals surface area contributed by atoms with Gasteiger partial charge in [0.25, 0.3) is 0 Å². The van der Waals surface area contributed by atoms with Crippen molar-refractivity contribution in [2.24, 2.45) is 17.3 Å².